The highest BCUT2D eigenvalue weighted by molar-refractivity contribution is 6.07. The zero-order valence-electron chi connectivity index (χ0n) is 13.0. The van der Waals surface area contributed by atoms with E-state index in [0.717, 1.165) is 11.9 Å². The summed E-state index contributed by atoms with van der Waals surface area (Å²) in [6, 6.07) is 0. The van der Waals surface area contributed by atoms with Crippen molar-refractivity contribution in [3.63, 3.8) is 0 Å². The summed E-state index contributed by atoms with van der Waals surface area (Å²) >= 11 is 0. The first-order valence-corrected chi connectivity index (χ1v) is 6.68. The van der Waals surface area contributed by atoms with Crippen molar-refractivity contribution in [3.05, 3.63) is 48.4 Å². The van der Waals surface area contributed by atoms with Crippen LogP contribution in [0.4, 0.5) is 0 Å². The maximum atomic E-state index is 7.10. The van der Waals surface area contributed by atoms with Gasteiger partial charge in [-0.1, -0.05) is 5.16 Å². The zero-order chi connectivity index (χ0) is 16.2. The van der Waals surface area contributed by atoms with Gasteiger partial charge in [0.25, 0.3) is 0 Å². The van der Waals surface area contributed by atoms with Gasteiger partial charge in [-0.2, -0.15) is 0 Å². The third kappa shape index (κ3) is 7.09. The molecule has 7 nitrogen and oxygen atoms in total. The number of aromatic nitrogens is 2. The Morgan fingerprint density at radius 3 is 2.77 bits per heavy atom. The SMILES string of the molecule is C/C=N/O/C(C)=C/C(/C=C/N(C)Cc1cncnc1)=N/C=N. The molecule has 0 bridgehead atoms. The Morgan fingerprint density at radius 1 is 1.41 bits per heavy atom. The fourth-order valence-corrected chi connectivity index (χ4v) is 1.53. The molecule has 0 saturated carbocycles. The van der Waals surface area contributed by atoms with E-state index in [2.05, 4.69) is 20.1 Å². The Hall–Kier alpha value is -2.83. The molecule has 0 unspecified atom stereocenters. The van der Waals surface area contributed by atoms with Gasteiger partial charge in [0.05, 0.1) is 5.71 Å². The van der Waals surface area contributed by atoms with Crippen molar-refractivity contribution < 1.29 is 4.84 Å². The highest BCUT2D eigenvalue weighted by Gasteiger charge is 1.97. The summed E-state index contributed by atoms with van der Waals surface area (Å²) in [6.07, 6.45) is 12.9. The first-order valence-electron chi connectivity index (χ1n) is 6.68. The molecule has 0 spiro atoms. The Kier molecular flexibility index (Phi) is 7.81. The lowest BCUT2D eigenvalue weighted by Gasteiger charge is -2.13. The molecule has 0 amide bonds. The van der Waals surface area contributed by atoms with E-state index in [9.17, 15) is 0 Å². The van der Waals surface area contributed by atoms with Gasteiger partial charge in [-0.3, -0.25) is 5.41 Å². The Balaban J connectivity index is 2.69. The Labute approximate surface area is 130 Å². The van der Waals surface area contributed by atoms with Crippen LogP contribution >= 0.6 is 0 Å². The monoisotopic (exact) mass is 300 g/mol. The molecule has 1 aromatic heterocycles. The summed E-state index contributed by atoms with van der Waals surface area (Å²) in [6.45, 7) is 4.21. The third-order valence-corrected chi connectivity index (χ3v) is 2.41. The number of oxime groups is 1. The minimum Gasteiger partial charge on any atom is -0.376 e. The van der Waals surface area contributed by atoms with Gasteiger partial charge in [0.2, 0.25) is 0 Å². The van der Waals surface area contributed by atoms with E-state index < -0.39 is 0 Å². The summed E-state index contributed by atoms with van der Waals surface area (Å²) in [5.74, 6) is 0.586. The van der Waals surface area contributed by atoms with E-state index in [0.29, 0.717) is 18.0 Å². The van der Waals surface area contributed by atoms with Crippen molar-refractivity contribution in [3.8, 4) is 0 Å². The maximum Gasteiger partial charge on any atom is 0.134 e. The lowest BCUT2D eigenvalue weighted by molar-refractivity contribution is 0.232. The molecule has 0 aliphatic heterocycles. The topological polar surface area (TPSA) is 86.8 Å². The van der Waals surface area contributed by atoms with Crippen molar-refractivity contribution >= 4 is 18.3 Å². The second-order valence-corrected chi connectivity index (χ2v) is 4.37. The molecule has 7 heteroatoms. The Bertz CT molecular complexity index is 577. The van der Waals surface area contributed by atoms with Crippen LogP contribution in [0.25, 0.3) is 0 Å². The zero-order valence-corrected chi connectivity index (χ0v) is 13.0. The van der Waals surface area contributed by atoms with Gasteiger partial charge >= 0.3 is 0 Å². The number of nitrogens with zero attached hydrogens (tertiary/aromatic N) is 5. The third-order valence-electron chi connectivity index (χ3n) is 2.41. The van der Waals surface area contributed by atoms with Crippen LogP contribution in [-0.2, 0) is 11.4 Å². The molecule has 0 aromatic carbocycles. The first kappa shape index (κ1) is 17.2. The predicted molar refractivity (Wildman–Crippen MR) is 87.9 cm³/mol. The van der Waals surface area contributed by atoms with E-state index in [4.69, 9.17) is 10.2 Å². The molecule has 116 valence electrons. The van der Waals surface area contributed by atoms with Gasteiger partial charge in [0, 0.05) is 50.0 Å². The average Bonchev–Trinajstić information content (AvgIpc) is 2.52. The highest BCUT2D eigenvalue weighted by atomic mass is 16.6. The molecule has 1 aromatic rings. The molecule has 0 radical (unpaired) electrons. The van der Waals surface area contributed by atoms with Gasteiger partial charge in [-0.15, -0.1) is 0 Å². The molecule has 1 heterocycles. The summed E-state index contributed by atoms with van der Waals surface area (Å²) < 4.78 is 0. The number of rotatable bonds is 8. The van der Waals surface area contributed by atoms with E-state index in [1.807, 2.05) is 18.1 Å². The van der Waals surface area contributed by atoms with Gasteiger partial charge in [-0.25, -0.2) is 15.0 Å². The van der Waals surface area contributed by atoms with E-state index in [1.54, 1.807) is 44.6 Å². The van der Waals surface area contributed by atoms with E-state index in [-0.39, 0.29) is 0 Å². The lowest BCUT2D eigenvalue weighted by atomic mass is 10.3. The standard InChI is InChI=1S/C15H20N6O/c1-4-20-22-13(2)7-15(19-11-16)5-6-21(3)10-14-8-17-12-18-9-14/h4-9,11-12,16H,10H2,1-3H3/b6-5+,13-7+,16-11?,19-15+,20-4+. The smallest absolute Gasteiger partial charge is 0.134 e. The normalized spacial score (nSPS) is 12.9. The number of hydrogen-bond acceptors (Lipinski definition) is 6. The molecule has 0 fully saturated rings. The van der Waals surface area contributed by atoms with Gasteiger partial charge in [-0.05, 0) is 19.9 Å². The van der Waals surface area contributed by atoms with Crippen molar-refractivity contribution in [2.75, 3.05) is 7.05 Å². The van der Waals surface area contributed by atoms with Crippen LogP contribution in [0, 0.1) is 5.41 Å². The summed E-state index contributed by atoms with van der Waals surface area (Å²) in [5, 5.41) is 10.8. The van der Waals surface area contributed by atoms with Crippen LogP contribution < -0.4 is 0 Å². The quantitative estimate of drug-likeness (QED) is 0.345. The largest absolute Gasteiger partial charge is 0.376 e. The molecule has 0 aliphatic carbocycles. The van der Waals surface area contributed by atoms with Crippen LogP contribution in [0.3, 0.4) is 0 Å². The Morgan fingerprint density at radius 2 is 2.14 bits per heavy atom. The second kappa shape index (κ2) is 9.98. The van der Waals surface area contributed by atoms with Crippen molar-refractivity contribution in [2.45, 2.75) is 20.4 Å². The fraction of sp³-hybridized carbons (Fsp3) is 0.267. The van der Waals surface area contributed by atoms with Gasteiger partial charge in [0.1, 0.15) is 18.4 Å². The predicted octanol–water partition coefficient (Wildman–Crippen LogP) is 2.40. The maximum absolute atomic E-state index is 7.10. The van der Waals surface area contributed by atoms with Crippen molar-refractivity contribution in [1.82, 2.24) is 14.9 Å². The second-order valence-electron chi connectivity index (χ2n) is 4.37. The number of nitrogens with one attached hydrogen (secondary N) is 1. The minimum absolute atomic E-state index is 0.586. The average molecular weight is 300 g/mol. The number of hydrogen-bond donors (Lipinski definition) is 1. The molecule has 1 rings (SSSR count). The molecular weight excluding hydrogens is 280 g/mol. The highest BCUT2D eigenvalue weighted by Crippen LogP contribution is 2.02. The van der Waals surface area contributed by atoms with Crippen LogP contribution in [0.5, 0.6) is 0 Å². The molecule has 22 heavy (non-hydrogen) atoms. The fourth-order valence-electron chi connectivity index (χ4n) is 1.53. The number of allylic oxidation sites excluding steroid dienone is 3. The van der Waals surface area contributed by atoms with Crippen molar-refractivity contribution in [2.24, 2.45) is 10.1 Å². The van der Waals surface area contributed by atoms with Crippen LogP contribution in [0.1, 0.15) is 19.4 Å². The molecular formula is C15H20N6O. The number of aliphatic imine (C=N–C) groups is 1. The lowest BCUT2D eigenvalue weighted by Crippen LogP contribution is -2.11. The van der Waals surface area contributed by atoms with Crippen LogP contribution in [0.15, 0.2) is 53.0 Å². The van der Waals surface area contributed by atoms with E-state index in [1.165, 1.54) is 6.33 Å². The minimum atomic E-state index is 0.586. The summed E-state index contributed by atoms with van der Waals surface area (Å²) in [5.41, 5.74) is 1.60. The summed E-state index contributed by atoms with van der Waals surface area (Å²) in [7, 11) is 1.93. The molecule has 1 N–H and O–H groups in total. The molecule has 0 saturated heterocycles. The van der Waals surface area contributed by atoms with Gasteiger partial charge in [0.15, 0.2) is 0 Å². The van der Waals surface area contributed by atoms with Crippen molar-refractivity contribution in [1.29, 1.82) is 5.41 Å². The van der Waals surface area contributed by atoms with Gasteiger partial charge < -0.3 is 9.74 Å². The molecule has 0 atom stereocenters. The molecule has 0 aliphatic rings. The van der Waals surface area contributed by atoms with Crippen LogP contribution in [0.2, 0.25) is 0 Å². The van der Waals surface area contributed by atoms with Crippen LogP contribution in [-0.4, -0.2) is 40.2 Å². The summed E-state index contributed by atoms with van der Waals surface area (Å²) in [4.78, 5) is 19.0. The first-order chi connectivity index (χ1) is 10.7. The van der Waals surface area contributed by atoms with E-state index >= 15 is 0 Å².